The third-order valence-electron chi connectivity index (χ3n) is 4.08. The van der Waals surface area contributed by atoms with E-state index in [1.807, 2.05) is 52.0 Å². The summed E-state index contributed by atoms with van der Waals surface area (Å²) in [4.78, 5) is 9.14. The average Bonchev–Trinajstić information content (AvgIpc) is 3.07. The first-order chi connectivity index (χ1) is 11.5. The minimum absolute atomic E-state index is 0.761. The zero-order valence-electron chi connectivity index (χ0n) is 14.0. The van der Waals surface area contributed by atoms with Crippen molar-refractivity contribution in [3.05, 3.63) is 53.4 Å². The molecule has 0 atom stereocenters. The summed E-state index contributed by atoms with van der Waals surface area (Å²) in [6, 6.07) is 8.01. The van der Waals surface area contributed by atoms with Gasteiger partial charge in [-0.25, -0.2) is 4.98 Å². The maximum Gasteiger partial charge on any atom is 0.160 e. The van der Waals surface area contributed by atoms with Crippen molar-refractivity contribution in [3.8, 4) is 22.5 Å². The normalized spacial score (nSPS) is 11.3. The summed E-state index contributed by atoms with van der Waals surface area (Å²) in [5, 5.41) is 5.06. The van der Waals surface area contributed by atoms with Crippen LogP contribution in [0.15, 0.2) is 39.4 Å². The summed E-state index contributed by atoms with van der Waals surface area (Å²) in [5.74, 6) is 1.62. The zero-order valence-corrected chi connectivity index (χ0v) is 14.0. The second-order valence-corrected chi connectivity index (χ2v) is 6.02. The van der Waals surface area contributed by atoms with Gasteiger partial charge in [-0.2, -0.15) is 0 Å². The van der Waals surface area contributed by atoms with Crippen molar-refractivity contribution in [1.82, 2.24) is 15.1 Å². The Bertz CT molecular complexity index is 1040. The average molecular weight is 319 g/mol. The Kier molecular flexibility index (Phi) is 3.23. The fourth-order valence-corrected chi connectivity index (χ4v) is 3.04. The first-order valence-electron chi connectivity index (χ1n) is 7.80. The van der Waals surface area contributed by atoms with Gasteiger partial charge in [-0.05, 0) is 52.0 Å². The van der Waals surface area contributed by atoms with Gasteiger partial charge in [0.15, 0.2) is 5.58 Å². The van der Waals surface area contributed by atoms with Gasteiger partial charge in [0, 0.05) is 22.8 Å². The van der Waals surface area contributed by atoms with Gasteiger partial charge >= 0.3 is 0 Å². The summed E-state index contributed by atoms with van der Waals surface area (Å²) < 4.78 is 11.2. The number of furan rings is 1. The molecule has 0 unspecified atom stereocenters. The second-order valence-electron chi connectivity index (χ2n) is 6.02. The maximum absolute atomic E-state index is 5.90. The summed E-state index contributed by atoms with van der Waals surface area (Å²) in [5.41, 5.74) is 6.11. The molecule has 0 aliphatic heterocycles. The Morgan fingerprint density at radius 2 is 1.83 bits per heavy atom. The van der Waals surface area contributed by atoms with Crippen molar-refractivity contribution in [2.45, 2.75) is 27.7 Å². The Morgan fingerprint density at radius 3 is 2.54 bits per heavy atom. The molecule has 0 aliphatic carbocycles. The van der Waals surface area contributed by atoms with Gasteiger partial charge in [-0.1, -0.05) is 5.16 Å². The minimum Gasteiger partial charge on any atom is -0.459 e. The van der Waals surface area contributed by atoms with Crippen molar-refractivity contribution in [2.24, 2.45) is 0 Å². The molecular weight excluding hydrogens is 302 g/mol. The monoisotopic (exact) mass is 319 g/mol. The fourth-order valence-electron chi connectivity index (χ4n) is 3.04. The van der Waals surface area contributed by atoms with E-state index in [0.29, 0.717) is 0 Å². The molecule has 0 N–H and O–H groups in total. The number of hydrogen-bond donors (Lipinski definition) is 0. The molecule has 0 bridgehead atoms. The van der Waals surface area contributed by atoms with Gasteiger partial charge in [0.05, 0.1) is 17.0 Å². The van der Waals surface area contributed by atoms with Gasteiger partial charge in [-0.15, -0.1) is 0 Å². The maximum atomic E-state index is 5.90. The topological polar surface area (TPSA) is 65.0 Å². The molecule has 4 rings (SSSR count). The number of hydrogen-bond acceptors (Lipinski definition) is 5. The molecule has 0 saturated heterocycles. The van der Waals surface area contributed by atoms with Crippen molar-refractivity contribution >= 4 is 11.0 Å². The van der Waals surface area contributed by atoms with Crippen LogP contribution < -0.4 is 0 Å². The predicted octanol–water partition coefficient (Wildman–Crippen LogP) is 4.78. The highest BCUT2D eigenvalue weighted by Crippen LogP contribution is 2.35. The molecule has 0 radical (unpaired) electrons. The smallest absolute Gasteiger partial charge is 0.160 e. The Hall–Kier alpha value is -2.95. The molecule has 120 valence electrons. The fraction of sp³-hybridized carbons (Fsp3) is 0.211. The number of nitrogens with zero attached hydrogens (tertiary/aromatic N) is 3. The van der Waals surface area contributed by atoms with Crippen molar-refractivity contribution < 1.29 is 8.94 Å². The molecular formula is C19H17N3O2. The van der Waals surface area contributed by atoms with Crippen LogP contribution in [0, 0.1) is 27.7 Å². The highest BCUT2D eigenvalue weighted by molar-refractivity contribution is 5.93. The molecule has 0 fully saturated rings. The SMILES string of the molecule is Cc1cc(-c2nc(-c3c(C)noc3C)cc3cc(C)oc23)ccn1. The lowest BCUT2D eigenvalue weighted by molar-refractivity contribution is 0.393. The van der Waals surface area contributed by atoms with Gasteiger partial charge in [0.25, 0.3) is 0 Å². The van der Waals surface area contributed by atoms with E-state index in [9.17, 15) is 0 Å². The van der Waals surface area contributed by atoms with Crippen LogP contribution in [0.25, 0.3) is 33.5 Å². The van der Waals surface area contributed by atoms with Crippen LogP contribution >= 0.6 is 0 Å². The third kappa shape index (κ3) is 2.29. The lowest BCUT2D eigenvalue weighted by Gasteiger charge is -2.07. The summed E-state index contributed by atoms with van der Waals surface area (Å²) in [6.07, 6.45) is 1.79. The van der Waals surface area contributed by atoms with Crippen LogP contribution in [0.1, 0.15) is 22.9 Å². The molecule has 4 heterocycles. The molecule has 0 aliphatic rings. The van der Waals surface area contributed by atoms with E-state index in [1.165, 1.54) is 0 Å². The number of aromatic nitrogens is 3. The van der Waals surface area contributed by atoms with Crippen molar-refractivity contribution in [2.75, 3.05) is 0 Å². The quantitative estimate of drug-likeness (QED) is 0.532. The number of rotatable bonds is 2. The number of fused-ring (bicyclic) bond motifs is 1. The zero-order chi connectivity index (χ0) is 16.8. The van der Waals surface area contributed by atoms with E-state index in [0.717, 1.165) is 56.4 Å². The second kappa shape index (κ2) is 5.30. The van der Waals surface area contributed by atoms with Crippen LogP contribution in [0.3, 0.4) is 0 Å². The van der Waals surface area contributed by atoms with Gasteiger partial charge < -0.3 is 8.94 Å². The first-order valence-corrected chi connectivity index (χ1v) is 7.80. The van der Waals surface area contributed by atoms with Crippen LogP contribution in [-0.4, -0.2) is 15.1 Å². The Morgan fingerprint density at radius 1 is 1.00 bits per heavy atom. The van der Waals surface area contributed by atoms with Crippen LogP contribution in [-0.2, 0) is 0 Å². The molecule has 4 aromatic heterocycles. The van der Waals surface area contributed by atoms with E-state index in [4.69, 9.17) is 13.9 Å². The lowest BCUT2D eigenvalue weighted by atomic mass is 10.0. The molecule has 0 aromatic carbocycles. The molecule has 0 saturated carbocycles. The first kappa shape index (κ1) is 14.6. The predicted molar refractivity (Wildman–Crippen MR) is 91.7 cm³/mol. The molecule has 4 aromatic rings. The van der Waals surface area contributed by atoms with Gasteiger partial charge in [0.1, 0.15) is 17.2 Å². The number of aryl methyl sites for hydroxylation is 4. The molecule has 0 spiro atoms. The molecule has 24 heavy (non-hydrogen) atoms. The highest BCUT2D eigenvalue weighted by atomic mass is 16.5. The standard InChI is InChI=1S/C19H17N3O2/c1-10-7-14(5-6-20-10)18-19-15(8-11(2)23-19)9-16(21-18)17-12(3)22-24-13(17)4/h5-9H,1-4H3. The van der Waals surface area contributed by atoms with E-state index in [2.05, 4.69) is 10.1 Å². The van der Waals surface area contributed by atoms with E-state index in [1.54, 1.807) is 6.20 Å². The molecule has 5 nitrogen and oxygen atoms in total. The third-order valence-corrected chi connectivity index (χ3v) is 4.08. The minimum atomic E-state index is 0.761. The van der Waals surface area contributed by atoms with Crippen LogP contribution in [0.5, 0.6) is 0 Å². The van der Waals surface area contributed by atoms with Gasteiger partial charge in [-0.3, -0.25) is 4.98 Å². The Labute approximate surface area is 139 Å². The summed E-state index contributed by atoms with van der Waals surface area (Å²) in [7, 11) is 0. The van der Waals surface area contributed by atoms with Crippen LogP contribution in [0.4, 0.5) is 0 Å². The summed E-state index contributed by atoms with van der Waals surface area (Å²) >= 11 is 0. The van der Waals surface area contributed by atoms with Gasteiger partial charge in [0.2, 0.25) is 0 Å². The summed E-state index contributed by atoms with van der Waals surface area (Å²) in [6.45, 7) is 7.73. The van der Waals surface area contributed by atoms with Crippen molar-refractivity contribution in [1.29, 1.82) is 0 Å². The van der Waals surface area contributed by atoms with E-state index in [-0.39, 0.29) is 0 Å². The van der Waals surface area contributed by atoms with E-state index < -0.39 is 0 Å². The largest absolute Gasteiger partial charge is 0.459 e. The molecule has 0 amide bonds. The highest BCUT2D eigenvalue weighted by Gasteiger charge is 2.18. The Balaban J connectivity index is 2.05. The molecule has 5 heteroatoms. The number of pyridine rings is 2. The van der Waals surface area contributed by atoms with E-state index >= 15 is 0 Å². The van der Waals surface area contributed by atoms with Crippen molar-refractivity contribution in [3.63, 3.8) is 0 Å². The lowest BCUT2D eigenvalue weighted by Crippen LogP contribution is -1.92. The van der Waals surface area contributed by atoms with Crippen LogP contribution in [0.2, 0.25) is 0 Å².